The molecule has 1 atom stereocenters. The molecule has 12 nitrogen and oxygen atoms in total. The van der Waals surface area contributed by atoms with Crippen LogP contribution in [0, 0.1) is 17.2 Å². The molecule has 1 saturated heterocycles. The number of carbonyl (C=O) groups is 2. The Morgan fingerprint density at radius 2 is 2.00 bits per heavy atom. The molecular formula is C23H26N8O4. The molecular weight excluding hydrogens is 452 g/mol. The summed E-state index contributed by atoms with van der Waals surface area (Å²) in [5.41, 5.74) is 6.77. The number of amides is 2. The van der Waals surface area contributed by atoms with Crippen LogP contribution < -0.4 is 25.8 Å². The first-order valence-electron chi connectivity index (χ1n) is 11.0. The minimum atomic E-state index is -0.681. The highest BCUT2D eigenvalue weighted by Gasteiger charge is 2.26. The fourth-order valence-corrected chi connectivity index (χ4v) is 4.08. The van der Waals surface area contributed by atoms with Gasteiger partial charge in [-0.05, 0) is 12.3 Å². The summed E-state index contributed by atoms with van der Waals surface area (Å²) in [5.74, 6) is 1.16. The highest BCUT2D eigenvalue weighted by Crippen LogP contribution is 2.30. The van der Waals surface area contributed by atoms with Crippen molar-refractivity contribution in [1.82, 2.24) is 19.3 Å². The number of primary amides is 1. The van der Waals surface area contributed by atoms with E-state index in [2.05, 4.69) is 20.6 Å². The van der Waals surface area contributed by atoms with Gasteiger partial charge in [-0.25, -0.2) is 4.98 Å². The number of rotatable bonds is 9. The molecule has 182 valence electrons. The van der Waals surface area contributed by atoms with Crippen molar-refractivity contribution in [3.05, 3.63) is 36.2 Å². The van der Waals surface area contributed by atoms with Gasteiger partial charge in [-0.2, -0.15) is 10.2 Å². The van der Waals surface area contributed by atoms with Crippen molar-refractivity contribution in [3.63, 3.8) is 0 Å². The molecule has 1 aliphatic rings. The monoisotopic (exact) mass is 478 g/mol. The minimum absolute atomic E-state index is 0.115. The maximum Gasteiger partial charge on any atom is 0.256 e. The SMILES string of the molecule is COc1cc(Nc2nc(NCC3CCN(C(=O)CC#N)C3)n3ccnc3c2C(N)=O)cc(OC)c1. The first kappa shape index (κ1) is 23.6. The summed E-state index contributed by atoms with van der Waals surface area (Å²) >= 11 is 0. The van der Waals surface area contributed by atoms with Crippen molar-refractivity contribution in [2.75, 3.05) is 44.5 Å². The number of hydrogen-bond donors (Lipinski definition) is 3. The summed E-state index contributed by atoms with van der Waals surface area (Å²) < 4.78 is 12.3. The third-order valence-corrected chi connectivity index (χ3v) is 5.83. The van der Waals surface area contributed by atoms with E-state index in [1.54, 1.807) is 54.1 Å². The van der Waals surface area contributed by atoms with Gasteiger partial charge in [-0.3, -0.25) is 14.0 Å². The van der Waals surface area contributed by atoms with Crippen LogP contribution in [-0.2, 0) is 4.79 Å². The molecule has 0 radical (unpaired) electrons. The molecule has 1 fully saturated rings. The number of nitrogens with zero attached hydrogens (tertiary/aromatic N) is 5. The zero-order chi connectivity index (χ0) is 24.9. The Morgan fingerprint density at radius 3 is 2.66 bits per heavy atom. The topological polar surface area (TPSA) is 160 Å². The van der Waals surface area contributed by atoms with Crippen molar-refractivity contribution in [1.29, 1.82) is 5.26 Å². The molecule has 2 aromatic heterocycles. The number of aromatic nitrogens is 3. The lowest BCUT2D eigenvalue weighted by Crippen LogP contribution is -2.29. The lowest BCUT2D eigenvalue weighted by atomic mass is 10.1. The number of imidazole rings is 1. The summed E-state index contributed by atoms with van der Waals surface area (Å²) in [6.07, 6.45) is 3.94. The molecule has 1 aliphatic heterocycles. The maximum absolute atomic E-state index is 12.4. The van der Waals surface area contributed by atoms with E-state index in [-0.39, 0.29) is 29.6 Å². The zero-order valence-corrected chi connectivity index (χ0v) is 19.4. The Kier molecular flexibility index (Phi) is 6.86. The van der Waals surface area contributed by atoms with E-state index >= 15 is 0 Å². The number of nitriles is 1. The highest BCUT2D eigenvalue weighted by molar-refractivity contribution is 6.04. The predicted octanol–water partition coefficient (Wildman–Crippen LogP) is 1.76. The number of hydrogen-bond acceptors (Lipinski definition) is 9. The van der Waals surface area contributed by atoms with Crippen LogP contribution in [-0.4, -0.2) is 64.9 Å². The van der Waals surface area contributed by atoms with Crippen molar-refractivity contribution in [3.8, 4) is 17.6 Å². The Morgan fingerprint density at radius 1 is 1.26 bits per heavy atom. The summed E-state index contributed by atoms with van der Waals surface area (Å²) in [4.78, 5) is 35.0. The smallest absolute Gasteiger partial charge is 0.256 e. The fraction of sp³-hybridized carbons (Fsp3) is 0.348. The quantitative estimate of drug-likeness (QED) is 0.416. The van der Waals surface area contributed by atoms with Gasteiger partial charge in [0.1, 0.15) is 23.5 Å². The lowest BCUT2D eigenvalue weighted by molar-refractivity contribution is -0.129. The summed E-state index contributed by atoms with van der Waals surface area (Å²) in [5, 5.41) is 15.2. The van der Waals surface area contributed by atoms with Gasteiger partial charge < -0.3 is 30.7 Å². The molecule has 1 aromatic carbocycles. The summed E-state index contributed by atoms with van der Waals surface area (Å²) in [6.45, 7) is 1.72. The van der Waals surface area contributed by atoms with Gasteiger partial charge in [-0.1, -0.05) is 0 Å². The number of nitrogens with one attached hydrogen (secondary N) is 2. The third kappa shape index (κ3) is 5.03. The number of methoxy groups -OCH3 is 2. The van der Waals surface area contributed by atoms with Gasteiger partial charge in [-0.15, -0.1) is 0 Å². The molecule has 2 amide bonds. The molecule has 12 heteroatoms. The normalized spacial score (nSPS) is 15.0. The van der Waals surface area contributed by atoms with Gasteiger partial charge in [0.25, 0.3) is 5.91 Å². The van der Waals surface area contributed by atoms with E-state index in [4.69, 9.17) is 20.5 Å². The number of anilines is 3. The van der Waals surface area contributed by atoms with Crippen LogP contribution in [0.15, 0.2) is 30.6 Å². The maximum atomic E-state index is 12.4. The van der Waals surface area contributed by atoms with Crippen molar-refractivity contribution in [2.24, 2.45) is 11.7 Å². The number of likely N-dealkylation sites (tertiary alicyclic amines) is 1. The molecule has 1 unspecified atom stereocenters. The van der Waals surface area contributed by atoms with E-state index in [1.807, 2.05) is 6.07 Å². The fourth-order valence-electron chi connectivity index (χ4n) is 4.08. The van der Waals surface area contributed by atoms with Crippen LogP contribution in [0.4, 0.5) is 17.5 Å². The lowest BCUT2D eigenvalue weighted by Gasteiger charge is -2.18. The summed E-state index contributed by atoms with van der Waals surface area (Å²) in [6, 6.07) is 7.11. The van der Waals surface area contributed by atoms with Crippen molar-refractivity contribution < 1.29 is 19.1 Å². The predicted molar refractivity (Wildman–Crippen MR) is 128 cm³/mol. The molecule has 3 aromatic rings. The minimum Gasteiger partial charge on any atom is -0.497 e. The molecule has 4 N–H and O–H groups in total. The number of benzene rings is 1. The number of carbonyl (C=O) groups excluding carboxylic acids is 2. The molecule has 0 saturated carbocycles. The van der Waals surface area contributed by atoms with E-state index < -0.39 is 5.91 Å². The van der Waals surface area contributed by atoms with E-state index in [0.717, 1.165) is 6.42 Å². The van der Waals surface area contributed by atoms with Crippen molar-refractivity contribution >= 4 is 34.9 Å². The second kappa shape index (κ2) is 10.2. The average molecular weight is 479 g/mol. The molecule has 0 aliphatic carbocycles. The van der Waals surface area contributed by atoms with Crippen LogP contribution in [0.5, 0.6) is 11.5 Å². The van der Waals surface area contributed by atoms with Gasteiger partial charge in [0.2, 0.25) is 11.9 Å². The highest BCUT2D eigenvalue weighted by atomic mass is 16.5. The molecule has 3 heterocycles. The molecule has 4 rings (SSSR count). The molecule has 0 bridgehead atoms. The van der Waals surface area contributed by atoms with Crippen molar-refractivity contribution in [2.45, 2.75) is 12.8 Å². The Balaban J connectivity index is 1.62. The average Bonchev–Trinajstić information content (AvgIpc) is 3.52. The van der Waals surface area contributed by atoms with Gasteiger partial charge in [0, 0.05) is 55.9 Å². The molecule has 0 spiro atoms. The Hall–Kier alpha value is -4.53. The molecule has 35 heavy (non-hydrogen) atoms. The standard InChI is InChI=1S/C23H26N8O4/c1-34-16-9-15(10-17(11-16)35-2)28-21-19(20(25)33)22-26-6-8-31(22)23(29-21)27-12-14-4-7-30(13-14)18(32)3-5-24/h6,8-11,14,28H,3-4,7,12-13H2,1-2H3,(H2,25,33)(H,27,29). The first-order valence-corrected chi connectivity index (χ1v) is 11.0. The van der Waals surface area contributed by atoms with Crippen LogP contribution in [0.1, 0.15) is 23.2 Å². The van der Waals surface area contributed by atoms with Gasteiger partial charge in [0.05, 0.1) is 20.3 Å². The van der Waals surface area contributed by atoms with Crippen LogP contribution >= 0.6 is 0 Å². The van der Waals surface area contributed by atoms with E-state index in [1.165, 1.54) is 0 Å². The van der Waals surface area contributed by atoms with Crippen LogP contribution in [0.2, 0.25) is 0 Å². The van der Waals surface area contributed by atoms with E-state index in [0.29, 0.717) is 48.4 Å². The van der Waals surface area contributed by atoms with Crippen LogP contribution in [0.3, 0.4) is 0 Å². The third-order valence-electron chi connectivity index (χ3n) is 5.83. The number of ether oxygens (including phenoxy) is 2. The van der Waals surface area contributed by atoms with Gasteiger partial charge in [0.15, 0.2) is 11.5 Å². The first-order chi connectivity index (χ1) is 16.9. The zero-order valence-electron chi connectivity index (χ0n) is 19.4. The number of nitrogens with two attached hydrogens (primary N) is 1. The van der Waals surface area contributed by atoms with E-state index in [9.17, 15) is 9.59 Å². The second-order valence-electron chi connectivity index (χ2n) is 8.08. The summed E-state index contributed by atoms with van der Waals surface area (Å²) in [7, 11) is 3.09. The second-order valence-corrected chi connectivity index (χ2v) is 8.08. The number of fused-ring (bicyclic) bond motifs is 1. The van der Waals surface area contributed by atoms with Gasteiger partial charge >= 0.3 is 0 Å². The Bertz CT molecular complexity index is 1280. The largest absolute Gasteiger partial charge is 0.497 e. The Labute approximate surface area is 201 Å². The van der Waals surface area contributed by atoms with Crippen LogP contribution in [0.25, 0.3) is 5.65 Å².